The van der Waals surface area contributed by atoms with E-state index >= 15 is 0 Å². The minimum absolute atomic E-state index is 0.547. The summed E-state index contributed by atoms with van der Waals surface area (Å²) in [6.07, 6.45) is 4.10. The number of hydrogen-bond acceptors (Lipinski definition) is 3. The Balaban J connectivity index is 1.80. The first-order valence-electron chi connectivity index (χ1n) is 5.98. The summed E-state index contributed by atoms with van der Waals surface area (Å²) >= 11 is 5.74. The number of aromatic nitrogens is 1. The van der Waals surface area contributed by atoms with Gasteiger partial charge in [-0.05, 0) is 25.0 Å². The van der Waals surface area contributed by atoms with E-state index in [9.17, 15) is 0 Å². The normalized spacial score (nSPS) is 17.1. The molecular weight excluding hydrogens is 234 g/mol. The van der Waals surface area contributed by atoms with Gasteiger partial charge in [0.2, 0.25) is 0 Å². The molecule has 17 heavy (non-hydrogen) atoms. The Morgan fingerprint density at radius 2 is 2.24 bits per heavy atom. The number of rotatable bonds is 4. The van der Waals surface area contributed by atoms with Crippen molar-refractivity contribution in [3.63, 3.8) is 0 Å². The SMILES string of the molecule is C=C(Cl)CNC1CCN(c2ccccn2)CC1. The van der Waals surface area contributed by atoms with Gasteiger partial charge in [0.05, 0.1) is 0 Å². The van der Waals surface area contributed by atoms with Crippen molar-refractivity contribution in [1.29, 1.82) is 0 Å². The monoisotopic (exact) mass is 251 g/mol. The third kappa shape index (κ3) is 3.72. The number of hydrogen-bond donors (Lipinski definition) is 1. The summed E-state index contributed by atoms with van der Waals surface area (Å²) in [6.45, 7) is 6.48. The van der Waals surface area contributed by atoms with Crippen LogP contribution in [0.2, 0.25) is 0 Å². The first-order valence-corrected chi connectivity index (χ1v) is 6.36. The Hall–Kier alpha value is -1.06. The minimum Gasteiger partial charge on any atom is -0.357 e. The fraction of sp³-hybridized carbons (Fsp3) is 0.462. The summed E-state index contributed by atoms with van der Waals surface area (Å²) in [4.78, 5) is 6.70. The molecule has 0 unspecified atom stereocenters. The molecule has 1 saturated heterocycles. The van der Waals surface area contributed by atoms with Gasteiger partial charge in [0.15, 0.2) is 0 Å². The molecule has 1 aromatic heterocycles. The summed E-state index contributed by atoms with van der Waals surface area (Å²) in [5, 5.41) is 4.09. The van der Waals surface area contributed by atoms with Crippen molar-refractivity contribution in [2.75, 3.05) is 24.5 Å². The molecular formula is C13H18ClN3. The van der Waals surface area contributed by atoms with Gasteiger partial charge in [0.25, 0.3) is 0 Å². The van der Waals surface area contributed by atoms with Gasteiger partial charge in [0.1, 0.15) is 5.82 Å². The van der Waals surface area contributed by atoms with E-state index in [0.29, 0.717) is 17.6 Å². The minimum atomic E-state index is 0.547. The van der Waals surface area contributed by atoms with Gasteiger partial charge in [-0.1, -0.05) is 24.2 Å². The molecule has 0 spiro atoms. The fourth-order valence-corrected chi connectivity index (χ4v) is 2.19. The fourth-order valence-electron chi connectivity index (χ4n) is 2.11. The van der Waals surface area contributed by atoms with Crippen LogP contribution in [0.1, 0.15) is 12.8 Å². The van der Waals surface area contributed by atoms with Gasteiger partial charge in [0, 0.05) is 36.9 Å². The summed E-state index contributed by atoms with van der Waals surface area (Å²) < 4.78 is 0. The van der Waals surface area contributed by atoms with E-state index in [1.165, 1.54) is 0 Å². The molecule has 1 aliphatic rings. The third-order valence-electron chi connectivity index (χ3n) is 3.05. The zero-order chi connectivity index (χ0) is 12.1. The van der Waals surface area contributed by atoms with Crippen LogP contribution in [0.25, 0.3) is 0 Å². The molecule has 0 aliphatic carbocycles. The van der Waals surface area contributed by atoms with Gasteiger partial charge in [-0.15, -0.1) is 0 Å². The molecule has 2 rings (SSSR count). The second-order valence-electron chi connectivity index (χ2n) is 4.35. The number of pyridine rings is 1. The molecule has 1 aromatic rings. The van der Waals surface area contributed by atoms with Crippen LogP contribution in [0.5, 0.6) is 0 Å². The molecule has 0 bridgehead atoms. The second kappa shape index (κ2) is 6.03. The Kier molecular flexibility index (Phi) is 4.40. The Morgan fingerprint density at radius 3 is 2.82 bits per heavy atom. The summed E-state index contributed by atoms with van der Waals surface area (Å²) in [7, 11) is 0. The van der Waals surface area contributed by atoms with E-state index in [-0.39, 0.29) is 0 Å². The van der Waals surface area contributed by atoms with E-state index in [4.69, 9.17) is 11.6 Å². The summed E-state index contributed by atoms with van der Waals surface area (Å²) in [5.41, 5.74) is 0. The van der Waals surface area contributed by atoms with Crippen LogP contribution in [-0.4, -0.2) is 30.7 Å². The maximum absolute atomic E-state index is 5.74. The van der Waals surface area contributed by atoms with Crippen molar-refractivity contribution in [3.05, 3.63) is 36.0 Å². The Morgan fingerprint density at radius 1 is 1.47 bits per heavy atom. The van der Waals surface area contributed by atoms with Gasteiger partial charge < -0.3 is 10.2 Å². The van der Waals surface area contributed by atoms with Crippen molar-refractivity contribution >= 4 is 17.4 Å². The largest absolute Gasteiger partial charge is 0.357 e. The predicted molar refractivity (Wildman–Crippen MR) is 72.5 cm³/mol. The van der Waals surface area contributed by atoms with Gasteiger partial charge in [-0.2, -0.15) is 0 Å². The average Bonchev–Trinajstić information content (AvgIpc) is 2.38. The van der Waals surface area contributed by atoms with E-state index in [1.807, 2.05) is 18.3 Å². The van der Waals surface area contributed by atoms with Crippen LogP contribution in [0.3, 0.4) is 0 Å². The smallest absolute Gasteiger partial charge is 0.128 e. The van der Waals surface area contributed by atoms with Crippen molar-refractivity contribution in [2.45, 2.75) is 18.9 Å². The van der Waals surface area contributed by atoms with Crippen molar-refractivity contribution in [3.8, 4) is 0 Å². The Labute approximate surface area is 107 Å². The maximum Gasteiger partial charge on any atom is 0.128 e. The highest BCUT2D eigenvalue weighted by atomic mass is 35.5. The second-order valence-corrected chi connectivity index (χ2v) is 4.88. The standard InChI is InChI=1S/C13H18ClN3/c1-11(14)10-16-12-5-8-17(9-6-12)13-4-2-3-7-15-13/h2-4,7,12,16H,1,5-6,8-10H2. The Bertz CT molecular complexity index is 358. The lowest BCUT2D eigenvalue weighted by Gasteiger charge is -2.33. The molecule has 1 N–H and O–H groups in total. The molecule has 1 aliphatic heterocycles. The molecule has 1 fully saturated rings. The summed E-state index contributed by atoms with van der Waals surface area (Å²) in [6, 6.07) is 6.59. The molecule has 0 atom stereocenters. The highest BCUT2D eigenvalue weighted by Gasteiger charge is 2.19. The van der Waals surface area contributed by atoms with Crippen LogP contribution in [0.4, 0.5) is 5.82 Å². The maximum atomic E-state index is 5.74. The van der Waals surface area contributed by atoms with E-state index in [0.717, 1.165) is 31.7 Å². The first kappa shape index (κ1) is 12.4. The van der Waals surface area contributed by atoms with Crippen LogP contribution >= 0.6 is 11.6 Å². The lowest BCUT2D eigenvalue weighted by molar-refractivity contribution is 0.428. The first-order chi connectivity index (χ1) is 8.25. The molecule has 0 amide bonds. The molecule has 4 heteroatoms. The zero-order valence-corrected chi connectivity index (χ0v) is 10.7. The zero-order valence-electron chi connectivity index (χ0n) is 9.90. The van der Waals surface area contributed by atoms with E-state index in [1.54, 1.807) is 0 Å². The van der Waals surface area contributed by atoms with E-state index < -0.39 is 0 Å². The number of nitrogens with one attached hydrogen (secondary N) is 1. The van der Waals surface area contributed by atoms with Crippen LogP contribution in [0, 0.1) is 0 Å². The van der Waals surface area contributed by atoms with Gasteiger partial charge in [-0.25, -0.2) is 4.98 Å². The summed E-state index contributed by atoms with van der Waals surface area (Å²) in [5.74, 6) is 1.08. The lowest BCUT2D eigenvalue weighted by atomic mass is 10.1. The average molecular weight is 252 g/mol. The van der Waals surface area contributed by atoms with Crippen molar-refractivity contribution in [2.24, 2.45) is 0 Å². The van der Waals surface area contributed by atoms with Crippen LogP contribution in [-0.2, 0) is 0 Å². The molecule has 92 valence electrons. The topological polar surface area (TPSA) is 28.2 Å². The third-order valence-corrected chi connectivity index (χ3v) is 3.18. The number of piperidine rings is 1. The number of nitrogens with zero attached hydrogens (tertiary/aromatic N) is 2. The molecule has 0 saturated carbocycles. The highest BCUT2D eigenvalue weighted by molar-refractivity contribution is 6.29. The van der Waals surface area contributed by atoms with Gasteiger partial charge >= 0.3 is 0 Å². The molecule has 0 radical (unpaired) electrons. The molecule has 3 nitrogen and oxygen atoms in total. The van der Waals surface area contributed by atoms with Crippen molar-refractivity contribution in [1.82, 2.24) is 10.3 Å². The van der Waals surface area contributed by atoms with Crippen LogP contribution < -0.4 is 10.2 Å². The number of anilines is 1. The van der Waals surface area contributed by atoms with Crippen molar-refractivity contribution < 1.29 is 0 Å². The lowest BCUT2D eigenvalue weighted by Crippen LogP contribution is -2.43. The van der Waals surface area contributed by atoms with E-state index in [2.05, 4.69) is 27.8 Å². The number of halogens is 1. The highest BCUT2D eigenvalue weighted by Crippen LogP contribution is 2.17. The quantitative estimate of drug-likeness (QED) is 0.891. The molecule has 0 aromatic carbocycles. The van der Waals surface area contributed by atoms with Gasteiger partial charge in [-0.3, -0.25) is 0 Å². The predicted octanol–water partition coefficient (Wildman–Crippen LogP) is 2.39. The van der Waals surface area contributed by atoms with Crippen LogP contribution in [0.15, 0.2) is 36.0 Å². The molecule has 2 heterocycles.